The lowest BCUT2D eigenvalue weighted by Crippen LogP contribution is -2.14. The topological polar surface area (TPSA) is 111 Å². The molecule has 0 aromatic carbocycles. The Morgan fingerprint density at radius 2 is 2.33 bits per heavy atom. The van der Waals surface area contributed by atoms with Gasteiger partial charge in [-0.2, -0.15) is 4.98 Å². The third-order valence-electron chi connectivity index (χ3n) is 2.01. The van der Waals surface area contributed by atoms with Crippen molar-refractivity contribution >= 4 is 17.4 Å². The van der Waals surface area contributed by atoms with E-state index in [1.807, 2.05) is 0 Å². The number of rotatable bonds is 3. The number of ether oxygens (including phenoxy) is 1. The summed E-state index contributed by atoms with van der Waals surface area (Å²) >= 11 is 6.02. The van der Waals surface area contributed by atoms with E-state index in [0.717, 1.165) is 0 Å². The van der Waals surface area contributed by atoms with Gasteiger partial charge >= 0.3 is 6.01 Å². The summed E-state index contributed by atoms with van der Waals surface area (Å²) in [5.41, 5.74) is 5.76. The molecule has 2 heterocycles. The minimum Gasteiger partial charge on any atom is -0.409 e. The first-order chi connectivity index (χ1) is 8.61. The molecule has 0 aliphatic rings. The standard InChI is InChI=1S/C9H9ClN6O2/c1-16-4-13-9(14-16)18-8-6(10)5(2-3-12-8)7(11)15-17/h2-4,17H,1H3,(H2,11,15). The summed E-state index contributed by atoms with van der Waals surface area (Å²) in [6.07, 6.45) is 2.88. The van der Waals surface area contributed by atoms with E-state index in [9.17, 15) is 0 Å². The predicted octanol–water partition coefficient (Wildman–Crippen LogP) is 0.750. The number of nitrogens with zero attached hydrogens (tertiary/aromatic N) is 5. The molecular weight excluding hydrogens is 260 g/mol. The Kier molecular flexibility index (Phi) is 3.28. The van der Waals surface area contributed by atoms with Crippen LogP contribution in [0.15, 0.2) is 23.7 Å². The predicted molar refractivity (Wildman–Crippen MR) is 62.8 cm³/mol. The normalized spacial score (nSPS) is 11.6. The van der Waals surface area contributed by atoms with Crippen molar-refractivity contribution in [3.05, 3.63) is 29.2 Å². The lowest BCUT2D eigenvalue weighted by molar-refractivity contribution is 0.318. The zero-order chi connectivity index (χ0) is 13.1. The van der Waals surface area contributed by atoms with Gasteiger partial charge in [0.25, 0.3) is 0 Å². The number of aromatic nitrogens is 4. The molecule has 3 N–H and O–H groups in total. The van der Waals surface area contributed by atoms with Crippen LogP contribution in [0.2, 0.25) is 5.02 Å². The third-order valence-corrected chi connectivity index (χ3v) is 2.37. The molecule has 0 aliphatic carbocycles. The molecule has 2 aromatic rings. The van der Waals surface area contributed by atoms with Crippen molar-refractivity contribution in [3.63, 3.8) is 0 Å². The molecule has 0 radical (unpaired) electrons. The smallest absolute Gasteiger partial charge is 0.342 e. The summed E-state index contributed by atoms with van der Waals surface area (Å²) in [5, 5.41) is 15.5. The Bertz CT molecular complexity index is 596. The first kappa shape index (κ1) is 12.1. The van der Waals surface area contributed by atoms with Crippen LogP contribution in [0.5, 0.6) is 11.9 Å². The van der Waals surface area contributed by atoms with Crippen molar-refractivity contribution in [2.75, 3.05) is 0 Å². The molecule has 0 bridgehead atoms. The number of nitrogens with two attached hydrogens (primary N) is 1. The number of oxime groups is 1. The Balaban J connectivity index is 2.34. The van der Waals surface area contributed by atoms with Gasteiger partial charge in [0.15, 0.2) is 5.84 Å². The van der Waals surface area contributed by atoms with Gasteiger partial charge in [-0.1, -0.05) is 16.8 Å². The van der Waals surface area contributed by atoms with Crippen LogP contribution in [-0.4, -0.2) is 30.8 Å². The molecule has 2 rings (SSSR count). The second-order valence-electron chi connectivity index (χ2n) is 3.27. The quantitative estimate of drug-likeness (QED) is 0.368. The Hall–Kier alpha value is -2.35. The Morgan fingerprint density at radius 1 is 1.56 bits per heavy atom. The van der Waals surface area contributed by atoms with Gasteiger partial charge in [0, 0.05) is 18.8 Å². The van der Waals surface area contributed by atoms with Gasteiger partial charge in [0.05, 0.1) is 0 Å². The fourth-order valence-corrected chi connectivity index (χ4v) is 1.45. The summed E-state index contributed by atoms with van der Waals surface area (Å²) in [5.74, 6) is -0.0619. The average molecular weight is 269 g/mol. The van der Waals surface area contributed by atoms with Crippen LogP contribution >= 0.6 is 11.6 Å². The van der Waals surface area contributed by atoms with E-state index in [0.29, 0.717) is 5.56 Å². The highest BCUT2D eigenvalue weighted by Crippen LogP contribution is 2.28. The van der Waals surface area contributed by atoms with Crippen molar-refractivity contribution < 1.29 is 9.94 Å². The second kappa shape index (κ2) is 4.88. The average Bonchev–Trinajstić information content (AvgIpc) is 2.76. The van der Waals surface area contributed by atoms with Crippen molar-refractivity contribution in [3.8, 4) is 11.9 Å². The molecule has 0 spiro atoms. The minimum absolute atomic E-state index is 0.0759. The van der Waals surface area contributed by atoms with Crippen LogP contribution < -0.4 is 10.5 Å². The maximum Gasteiger partial charge on any atom is 0.342 e. The molecular formula is C9H9ClN6O2. The van der Waals surface area contributed by atoms with E-state index in [4.69, 9.17) is 27.3 Å². The summed E-state index contributed by atoms with van der Waals surface area (Å²) in [6, 6.07) is 1.60. The van der Waals surface area contributed by atoms with Crippen molar-refractivity contribution in [2.45, 2.75) is 0 Å². The molecule has 8 nitrogen and oxygen atoms in total. The van der Waals surface area contributed by atoms with Crippen LogP contribution in [0.3, 0.4) is 0 Å². The fourth-order valence-electron chi connectivity index (χ4n) is 1.20. The van der Waals surface area contributed by atoms with E-state index >= 15 is 0 Å². The van der Waals surface area contributed by atoms with Crippen molar-refractivity contribution in [1.82, 2.24) is 19.7 Å². The lowest BCUT2D eigenvalue weighted by atomic mass is 10.2. The number of halogens is 1. The molecule has 0 unspecified atom stereocenters. The molecule has 0 fully saturated rings. The molecule has 2 aromatic heterocycles. The molecule has 0 saturated heterocycles. The van der Waals surface area contributed by atoms with Gasteiger partial charge in [-0.25, -0.2) is 4.98 Å². The van der Waals surface area contributed by atoms with Crippen LogP contribution in [0.1, 0.15) is 5.56 Å². The van der Waals surface area contributed by atoms with E-state index in [-0.39, 0.29) is 22.7 Å². The monoisotopic (exact) mass is 268 g/mol. The maximum atomic E-state index is 8.61. The second-order valence-corrected chi connectivity index (χ2v) is 3.64. The number of hydrogen-bond acceptors (Lipinski definition) is 6. The summed E-state index contributed by atoms with van der Waals surface area (Å²) < 4.78 is 6.76. The minimum atomic E-state index is -0.138. The van der Waals surface area contributed by atoms with E-state index in [1.165, 1.54) is 23.3 Å². The molecule has 0 amide bonds. The molecule has 0 aliphatic heterocycles. The SMILES string of the molecule is Cn1cnc(Oc2nccc(/C(N)=N/O)c2Cl)n1. The Morgan fingerprint density at radius 3 is 2.94 bits per heavy atom. The van der Waals surface area contributed by atoms with E-state index < -0.39 is 0 Å². The third kappa shape index (κ3) is 2.33. The zero-order valence-electron chi connectivity index (χ0n) is 9.28. The first-order valence-corrected chi connectivity index (χ1v) is 5.15. The van der Waals surface area contributed by atoms with Crippen LogP contribution in [0.25, 0.3) is 0 Å². The van der Waals surface area contributed by atoms with Crippen LogP contribution in [0, 0.1) is 0 Å². The highest BCUT2D eigenvalue weighted by molar-refractivity contribution is 6.35. The van der Waals surface area contributed by atoms with Crippen LogP contribution in [0.4, 0.5) is 0 Å². The molecule has 0 saturated carbocycles. The maximum absolute atomic E-state index is 8.61. The summed E-state index contributed by atoms with van der Waals surface area (Å²) in [4.78, 5) is 7.79. The highest BCUT2D eigenvalue weighted by Gasteiger charge is 2.14. The van der Waals surface area contributed by atoms with Gasteiger partial charge in [-0.05, 0) is 6.07 Å². The summed E-state index contributed by atoms with van der Waals surface area (Å²) in [6.45, 7) is 0. The summed E-state index contributed by atoms with van der Waals surface area (Å²) in [7, 11) is 1.70. The number of amidine groups is 1. The zero-order valence-corrected chi connectivity index (χ0v) is 10.0. The molecule has 94 valence electrons. The van der Waals surface area contributed by atoms with Gasteiger partial charge in [-0.15, -0.1) is 5.10 Å². The van der Waals surface area contributed by atoms with Gasteiger partial charge in [-0.3, -0.25) is 4.68 Å². The van der Waals surface area contributed by atoms with Crippen molar-refractivity contribution in [1.29, 1.82) is 0 Å². The lowest BCUT2D eigenvalue weighted by Gasteiger charge is -2.06. The largest absolute Gasteiger partial charge is 0.409 e. The number of pyridine rings is 1. The molecule has 0 atom stereocenters. The van der Waals surface area contributed by atoms with Crippen LogP contribution in [-0.2, 0) is 7.05 Å². The Labute approximate surface area is 107 Å². The van der Waals surface area contributed by atoms with Gasteiger partial charge in [0.1, 0.15) is 11.3 Å². The first-order valence-electron chi connectivity index (χ1n) is 4.77. The fraction of sp³-hybridized carbons (Fsp3) is 0.111. The number of hydrogen-bond donors (Lipinski definition) is 2. The van der Waals surface area contributed by atoms with Crippen molar-refractivity contribution in [2.24, 2.45) is 17.9 Å². The molecule has 9 heteroatoms. The molecule has 18 heavy (non-hydrogen) atoms. The highest BCUT2D eigenvalue weighted by atomic mass is 35.5. The van der Waals surface area contributed by atoms with Gasteiger partial charge < -0.3 is 15.7 Å². The van der Waals surface area contributed by atoms with Gasteiger partial charge in [0.2, 0.25) is 5.88 Å². The van der Waals surface area contributed by atoms with E-state index in [1.54, 1.807) is 7.05 Å². The number of aryl methyl sites for hydroxylation is 1. The van der Waals surface area contributed by atoms with E-state index in [2.05, 4.69) is 20.2 Å².